The zero-order valence-electron chi connectivity index (χ0n) is 15.0. The lowest BCUT2D eigenvalue weighted by molar-refractivity contribution is -0.192. The average Bonchev–Trinajstić information content (AvgIpc) is 2.59. The summed E-state index contributed by atoms with van der Waals surface area (Å²) in [5.41, 5.74) is 0.933. The zero-order chi connectivity index (χ0) is 20.2. The van der Waals surface area contributed by atoms with Gasteiger partial charge in [-0.3, -0.25) is 4.79 Å². The molecule has 0 heterocycles. The Morgan fingerprint density at radius 3 is 2.00 bits per heavy atom. The van der Waals surface area contributed by atoms with Crippen LogP contribution in [0.4, 0.5) is 13.2 Å². The third-order valence-corrected chi connectivity index (χ3v) is 3.31. The number of likely N-dealkylation sites (N-methyl/N-ethyl adjacent to an activating group) is 1. The van der Waals surface area contributed by atoms with Crippen LogP contribution < -0.4 is 4.74 Å². The highest BCUT2D eigenvalue weighted by atomic mass is 19.4. The van der Waals surface area contributed by atoms with Crippen molar-refractivity contribution in [2.45, 2.75) is 26.4 Å². The molecular formula is C17H24F3NO5. The monoisotopic (exact) mass is 379 g/mol. The molecule has 0 atom stereocenters. The van der Waals surface area contributed by atoms with Gasteiger partial charge in [0.05, 0.1) is 13.5 Å². The van der Waals surface area contributed by atoms with Gasteiger partial charge in [0.15, 0.2) is 0 Å². The van der Waals surface area contributed by atoms with Crippen LogP contribution in [0.25, 0.3) is 0 Å². The number of halogens is 3. The van der Waals surface area contributed by atoms with Crippen LogP contribution in [0.5, 0.6) is 5.75 Å². The van der Waals surface area contributed by atoms with E-state index in [4.69, 9.17) is 14.6 Å². The summed E-state index contributed by atoms with van der Waals surface area (Å²) in [6.07, 6.45) is -4.78. The van der Waals surface area contributed by atoms with Gasteiger partial charge < -0.3 is 19.5 Å². The lowest BCUT2D eigenvalue weighted by Crippen LogP contribution is -2.27. The van der Waals surface area contributed by atoms with Crippen molar-refractivity contribution in [1.82, 2.24) is 4.90 Å². The number of nitrogens with zero attached hydrogens (tertiary/aromatic N) is 1. The molecule has 1 rings (SSSR count). The summed E-state index contributed by atoms with van der Waals surface area (Å²) in [4.78, 5) is 22.3. The van der Waals surface area contributed by atoms with E-state index in [0.29, 0.717) is 13.0 Å². The van der Waals surface area contributed by atoms with Gasteiger partial charge in [0.25, 0.3) is 0 Å². The van der Waals surface area contributed by atoms with Crippen molar-refractivity contribution in [2.75, 3.05) is 33.4 Å². The molecule has 0 unspecified atom stereocenters. The van der Waals surface area contributed by atoms with E-state index < -0.39 is 12.1 Å². The molecule has 9 heteroatoms. The number of rotatable bonds is 8. The molecule has 1 aromatic carbocycles. The standard InChI is InChI=1S/C15H23NO3.C2HF3O2/c1-4-16(5-2)10-11-19-14-8-6-13(7-9-14)12-15(17)18-3;3-2(4,5)1(6)7/h6-9H,4-5,10-12H2,1-3H3;(H,6,7). The molecule has 0 radical (unpaired) electrons. The smallest absolute Gasteiger partial charge is 0.490 e. The number of ether oxygens (including phenoxy) is 2. The number of alkyl halides is 3. The Labute approximate surface area is 150 Å². The summed E-state index contributed by atoms with van der Waals surface area (Å²) in [5.74, 6) is -2.15. The van der Waals surface area contributed by atoms with Gasteiger partial charge in [-0.15, -0.1) is 0 Å². The van der Waals surface area contributed by atoms with E-state index in [0.717, 1.165) is 30.9 Å². The van der Waals surface area contributed by atoms with Gasteiger partial charge >= 0.3 is 18.1 Å². The van der Waals surface area contributed by atoms with Crippen LogP contribution in [0.15, 0.2) is 24.3 Å². The molecule has 0 aromatic heterocycles. The number of carboxylic acid groups (broad SMARTS) is 1. The highest BCUT2D eigenvalue weighted by molar-refractivity contribution is 5.73. The fourth-order valence-electron chi connectivity index (χ4n) is 1.77. The second-order valence-corrected chi connectivity index (χ2v) is 5.08. The maximum Gasteiger partial charge on any atom is 0.490 e. The number of carbonyl (C=O) groups excluding carboxylic acids is 1. The van der Waals surface area contributed by atoms with Crippen molar-refractivity contribution < 1.29 is 37.3 Å². The highest BCUT2D eigenvalue weighted by Gasteiger charge is 2.38. The Morgan fingerprint density at radius 2 is 1.62 bits per heavy atom. The van der Waals surface area contributed by atoms with Gasteiger partial charge in [-0.05, 0) is 30.8 Å². The Kier molecular flexibility index (Phi) is 11.1. The van der Waals surface area contributed by atoms with Gasteiger partial charge in [-0.1, -0.05) is 26.0 Å². The van der Waals surface area contributed by atoms with Crippen LogP contribution in [0.2, 0.25) is 0 Å². The van der Waals surface area contributed by atoms with Crippen molar-refractivity contribution in [2.24, 2.45) is 0 Å². The molecule has 6 nitrogen and oxygen atoms in total. The summed E-state index contributed by atoms with van der Waals surface area (Å²) >= 11 is 0. The SMILES string of the molecule is CCN(CC)CCOc1ccc(CC(=O)OC)cc1.O=C(O)C(F)(F)F. The predicted octanol–water partition coefficient (Wildman–Crippen LogP) is 2.76. The largest absolute Gasteiger partial charge is 0.492 e. The molecule has 0 saturated carbocycles. The van der Waals surface area contributed by atoms with Crippen molar-refractivity contribution in [3.05, 3.63) is 29.8 Å². The maximum absolute atomic E-state index is 11.1. The Bertz CT molecular complexity index is 542. The van der Waals surface area contributed by atoms with Crippen LogP contribution >= 0.6 is 0 Å². The minimum absolute atomic E-state index is 0.227. The van der Waals surface area contributed by atoms with Crippen LogP contribution in [0.1, 0.15) is 19.4 Å². The third-order valence-electron chi connectivity index (χ3n) is 3.31. The topological polar surface area (TPSA) is 76.1 Å². The van der Waals surface area contributed by atoms with E-state index in [-0.39, 0.29) is 5.97 Å². The Balaban J connectivity index is 0.000000758. The van der Waals surface area contributed by atoms with Crippen LogP contribution in [0, 0.1) is 0 Å². The maximum atomic E-state index is 11.1. The molecular weight excluding hydrogens is 355 g/mol. The van der Waals surface area contributed by atoms with E-state index in [1.165, 1.54) is 7.11 Å². The lowest BCUT2D eigenvalue weighted by Gasteiger charge is -2.18. The van der Waals surface area contributed by atoms with Crippen LogP contribution in [0.3, 0.4) is 0 Å². The Hall–Kier alpha value is -2.29. The summed E-state index contributed by atoms with van der Waals surface area (Å²) in [6, 6.07) is 7.56. The zero-order valence-corrected chi connectivity index (χ0v) is 15.0. The molecule has 1 N–H and O–H groups in total. The molecule has 0 saturated heterocycles. The van der Waals surface area contributed by atoms with E-state index in [1.807, 2.05) is 24.3 Å². The fraction of sp³-hybridized carbons (Fsp3) is 0.529. The minimum atomic E-state index is -5.08. The number of carboxylic acids is 1. The summed E-state index contributed by atoms with van der Waals surface area (Å²) < 4.78 is 42.0. The summed E-state index contributed by atoms with van der Waals surface area (Å²) in [5, 5.41) is 7.12. The second kappa shape index (κ2) is 12.1. The van der Waals surface area contributed by atoms with Crippen LogP contribution in [-0.4, -0.2) is 61.5 Å². The summed E-state index contributed by atoms with van der Waals surface area (Å²) in [7, 11) is 1.40. The molecule has 148 valence electrons. The minimum Gasteiger partial charge on any atom is -0.492 e. The van der Waals surface area contributed by atoms with E-state index in [9.17, 15) is 18.0 Å². The van der Waals surface area contributed by atoms with Crippen LogP contribution in [-0.2, 0) is 20.7 Å². The molecule has 0 amide bonds. The first-order chi connectivity index (χ1) is 12.1. The normalized spacial score (nSPS) is 10.7. The van der Waals surface area contributed by atoms with Gasteiger partial charge in [-0.25, -0.2) is 4.79 Å². The first-order valence-corrected chi connectivity index (χ1v) is 7.95. The molecule has 0 aliphatic carbocycles. The first-order valence-electron chi connectivity index (χ1n) is 7.95. The molecule has 0 aliphatic heterocycles. The number of methoxy groups -OCH3 is 1. The lowest BCUT2D eigenvalue weighted by atomic mass is 10.1. The third kappa shape index (κ3) is 10.5. The predicted molar refractivity (Wildman–Crippen MR) is 89.1 cm³/mol. The van der Waals surface area contributed by atoms with Crippen molar-refractivity contribution in [3.8, 4) is 5.75 Å². The number of benzene rings is 1. The van der Waals surface area contributed by atoms with Crippen molar-refractivity contribution in [3.63, 3.8) is 0 Å². The first kappa shape index (κ1) is 23.7. The molecule has 0 fully saturated rings. The number of hydrogen-bond acceptors (Lipinski definition) is 5. The van der Waals surface area contributed by atoms with Gasteiger partial charge in [0.1, 0.15) is 12.4 Å². The number of hydrogen-bond donors (Lipinski definition) is 1. The second-order valence-electron chi connectivity index (χ2n) is 5.08. The quantitative estimate of drug-likeness (QED) is 0.700. The molecule has 26 heavy (non-hydrogen) atoms. The van der Waals surface area contributed by atoms with Gasteiger partial charge in [0.2, 0.25) is 0 Å². The van der Waals surface area contributed by atoms with Crippen molar-refractivity contribution in [1.29, 1.82) is 0 Å². The van der Waals surface area contributed by atoms with E-state index >= 15 is 0 Å². The fourth-order valence-corrected chi connectivity index (χ4v) is 1.77. The van der Waals surface area contributed by atoms with Crippen molar-refractivity contribution >= 4 is 11.9 Å². The number of esters is 1. The number of carbonyl (C=O) groups is 2. The molecule has 0 aliphatic rings. The van der Waals surface area contributed by atoms with E-state index in [2.05, 4.69) is 23.5 Å². The highest BCUT2D eigenvalue weighted by Crippen LogP contribution is 2.13. The van der Waals surface area contributed by atoms with E-state index in [1.54, 1.807) is 0 Å². The van der Waals surface area contributed by atoms with Gasteiger partial charge in [-0.2, -0.15) is 13.2 Å². The molecule has 1 aromatic rings. The number of aliphatic carboxylic acids is 1. The molecule has 0 spiro atoms. The Morgan fingerprint density at radius 1 is 1.12 bits per heavy atom. The summed E-state index contributed by atoms with van der Waals surface area (Å²) in [6.45, 7) is 7.97. The molecule has 0 bridgehead atoms. The van der Waals surface area contributed by atoms with Gasteiger partial charge in [0, 0.05) is 6.54 Å². The average molecular weight is 379 g/mol.